The van der Waals surface area contributed by atoms with Gasteiger partial charge in [0.05, 0.1) is 11.3 Å². The van der Waals surface area contributed by atoms with Crippen molar-refractivity contribution in [1.82, 2.24) is 9.29 Å². The van der Waals surface area contributed by atoms with E-state index >= 15 is 0 Å². The number of piperidine rings is 1. The molecule has 2 heterocycles. The van der Waals surface area contributed by atoms with E-state index in [0.717, 1.165) is 31.4 Å². The molecule has 0 radical (unpaired) electrons. The highest BCUT2D eigenvalue weighted by atomic mass is 32.2. The van der Waals surface area contributed by atoms with Gasteiger partial charge in [0.25, 0.3) is 11.5 Å². The average Bonchev–Trinajstić information content (AvgIpc) is 2.73. The van der Waals surface area contributed by atoms with Crippen molar-refractivity contribution in [1.29, 1.82) is 0 Å². The zero-order valence-electron chi connectivity index (χ0n) is 16.9. The molecule has 0 atom stereocenters. The first kappa shape index (κ1) is 22.5. The maximum absolute atomic E-state index is 13.1. The molecule has 0 unspecified atom stereocenters. The SMILES string of the molecule is Cc1ccc(NC(=O)COC(=O)c2cc(O)[nH]c(=O)c2)c(S(=O)(=O)N2CCCCC2)c1. The number of pyridine rings is 1. The number of amides is 1. The first-order valence-electron chi connectivity index (χ1n) is 9.68. The number of anilines is 1. The summed E-state index contributed by atoms with van der Waals surface area (Å²) in [5, 5.41) is 11.8. The minimum atomic E-state index is -3.80. The van der Waals surface area contributed by atoms with Crippen molar-refractivity contribution in [2.24, 2.45) is 0 Å². The number of nitrogens with zero attached hydrogens (tertiary/aromatic N) is 1. The fraction of sp³-hybridized carbons (Fsp3) is 0.350. The van der Waals surface area contributed by atoms with Crippen LogP contribution < -0.4 is 10.9 Å². The second-order valence-electron chi connectivity index (χ2n) is 7.21. The third-order valence-electron chi connectivity index (χ3n) is 4.74. The maximum Gasteiger partial charge on any atom is 0.339 e. The number of aromatic nitrogens is 1. The minimum Gasteiger partial charge on any atom is -0.494 e. The number of aryl methyl sites for hydroxylation is 1. The fourth-order valence-corrected chi connectivity index (χ4v) is 4.99. The highest BCUT2D eigenvalue weighted by Gasteiger charge is 2.29. The fourth-order valence-electron chi connectivity index (χ4n) is 3.24. The molecule has 31 heavy (non-hydrogen) atoms. The molecule has 1 aromatic heterocycles. The van der Waals surface area contributed by atoms with Gasteiger partial charge in [0.2, 0.25) is 10.0 Å². The molecule has 1 saturated heterocycles. The summed E-state index contributed by atoms with van der Waals surface area (Å²) in [5.41, 5.74) is -0.124. The average molecular weight is 449 g/mol. The van der Waals surface area contributed by atoms with Gasteiger partial charge in [0.1, 0.15) is 4.90 Å². The molecule has 2 aromatic rings. The smallest absolute Gasteiger partial charge is 0.339 e. The summed E-state index contributed by atoms with van der Waals surface area (Å²) >= 11 is 0. The second kappa shape index (κ2) is 9.31. The van der Waals surface area contributed by atoms with E-state index in [2.05, 4.69) is 10.3 Å². The molecular formula is C20H23N3O7S. The normalized spacial score (nSPS) is 14.7. The zero-order valence-corrected chi connectivity index (χ0v) is 17.7. The molecule has 1 amide bonds. The highest BCUT2D eigenvalue weighted by molar-refractivity contribution is 7.89. The van der Waals surface area contributed by atoms with Crippen molar-refractivity contribution in [2.75, 3.05) is 25.0 Å². The van der Waals surface area contributed by atoms with E-state index in [1.807, 2.05) is 0 Å². The molecule has 3 N–H and O–H groups in total. The topological polar surface area (TPSA) is 146 Å². The lowest BCUT2D eigenvalue weighted by Gasteiger charge is -2.27. The number of nitrogens with one attached hydrogen (secondary N) is 2. The second-order valence-corrected chi connectivity index (χ2v) is 9.11. The molecule has 166 valence electrons. The van der Waals surface area contributed by atoms with Gasteiger partial charge in [-0.25, -0.2) is 13.2 Å². The Morgan fingerprint density at radius 2 is 1.87 bits per heavy atom. The lowest BCUT2D eigenvalue weighted by molar-refractivity contribution is -0.119. The van der Waals surface area contributed by atoms with Crippen LogP contribution in [0.4, 0.5) is 5.69 Å². The number of hydrogen-bond acceptors (Lipinski definition) is 7. The van der Waals surface area contributed by atoms with Crippen molar-refractivity contribution in [2.45, 2.75) is 31.1 Å². The number of ether oxygens (including phenoxy) is 1. The van der Waals surface area contributed by atoms with Crippen molar-refractivity contribution < 1.29 is 27.9 Å². The standard InChI is InChI=1S/C20H23N3O7S/c1-13-5-6-15(16(9-13)31(28,29)23-7-3-2-4-8-23)21-19(26)12-30-20(27)14-10-17(24)22-18(25)11-14/h5-6,9-11H,2-4,7-8,12H2,1H3,(H,21,26)(H2,22,24,25). The highest BCUT2D eigenvalue weighted by Crippen LogP contribution is 2.28. The van der Waals surface area contributed by atoms with E-state index in [4.69, 9.17) is 4.74 Å². The molecule has 1 aliphatic rings. The first-order chi connectivity index (χ1) is 14.7. The maximum atomic E-state index is 13.1. The van der Waals surface area contributed by atoms with Gasteiger partial charge in [0, 0.05) is 25.2 Å². The molecule has 1 fully saturated rings. The minimum absolute atomic E-state index is 0.0198. The predicted octanol–water partition coefficient (Wildman–Crippen LogP) is 1.36. The number of carbonyl (C=O) groups is 2. The molecule has 0 bridgehead atoms. The largest absolute Gasteiger partial charge is 0.494 e. The Morgan fingerprint density at radius 1 is 1.16 bits per heavy atom. The van der Waals surface area contributed by atoms with Gasteiger partial charge in [-0.3, -0.25) is 14.6 Å². The zero-order chi connectivity index (χ0) is 22.6. The molecule has 1 aromatic carbocycles. The summed E-state index contributed by atoms with van der Waals surface area (Å²) in [6.45, 7) is 1.89. The number of aromatic hydroxyl groups is 1. The van der Waals surface area contributed by atoms with Crippen LogP contribution in [0.25, 0.3) is 0 Å². The molecule has 1 aliphatic heterocycles. The summed E-state index contributed by atoms with van der Waals surface area (Å²) in [7, 11) is -3.80. The van der Waals surface area contributed by atoms with Crippen molar-refractivity contribution >= 4 is 27.6 Å². The summed E-state index contributed by atoms with van der Waals surface area (Å²) in [6.07, 6.45) is 2.53. The monoisotopic (exact) mass is 449 g/mol. The molecule has 0 saturated carbocycles. The van der Waals surface area contributed by atoms with Crippen LogP contribution in [0.15, 0.2) is 40.0 Å². The third kappa shape index (κ3) is 5.50. The number of esters is 1. The number of rotatable bonds is 6. The number of hydrogen-bond donors (Lipinski definition) is 3. The number of H-pyrrole nitrogens is 1. The van der Waals surface area contributed by atoms with Crippen LogP contribution in [0.1, 0.15) is 35.2 Å². The Balaban J connectivity index is 1.73. The number of aromatic amines is 1. The van der Waals surface area contributed by atoms with E-state index in [9.17, 15) is 27.9 Å². The van der Waals surface area contributed by atoms with E-state index < -0.39 is 39.9 Å². The quantitative estimate of drug-likeness (QED) is 0.564. The molecule has 0 spiro atoms. The van der Waals surface area contributed by atoms with E-state index in [0.29, 0.717) is 18.7 Å². The molecular weight excluding hydrogens is 426 g/mol. The van der Waals surface area contributed by atoms with Crippen molar-refractivity contribution in [3.8, 4) is 5.88 Å². The van der Waals surface area contributed by atoms with Crippen molar-refractivity contribution in [3.63, 3.8) is 0 Å². The summed E-state index contributed by atoms with van der Waals surface area (Å²) in [4.78, 5) is 37.7. The van der Waals surface area contributed by atoms with Crippen LogP contribution in [0, 0.1) is 6.92 Å². The molecule has 11 heteroatoms. The van der Waals surface area contributed by atoms with Crippen molar-refractivity contribution in [3.05, 3.63) is 51.8 Å². The Bertz CT molecular complexity index is 1150. The van der Waals surface area contributed by atoms with Gasteiger partial charge in [-0.05, 0) is 37.5 Å². The third-order valence-corrected chi connectivity index (χ3v) is 6.68. The van der Waals surface area contributed by atoms with Gasteiger partial charge >= 0.3 is 5.97 Å². The first-order valence-corrected chi connectivity index (χ1v) is 11.1. The van der Waals surface area contributed by atoms with Crippen LogP contribution in [0.5, 0.6) is 5.88 Å². The lowest BCUT2D eigenvalue weighted by Crippen LogP contribution is -2.36. The Morgan fingerprint density at radius 3 is 2.55 bits per heavy atom. The number of sulfonamides is 1. The van der Waals surface area contributed by atoms with E-state index in [1.54, 1.807) is 13.0 Å². The van der Waals surface area contributed by atoms with Crippen LogP contribution in [-0.2, 0) is 19.6 Å². The number of carbonyl (C=O) groups excluding carboxylic acids is 2. The van der Waals surface area contributed by atoms with Crippen LogP contribution in [0.2, 0.25) is 0 Å². The van der Waals surface area contributed by atoms with Gasteiger partial charge in [-0.2, -0.15) is 4.31 Å². The van der Waals surface area contributed by atoms with Crippen LogP contribution in [0.3, 0.4) is 0 Å². The Labute approximate surface area is 178 Å². The van der Waals surface area contributed by atoms with Gasteiger partial charge in [-0.1, -0.05) is 12.5 Å². The van der Waals surface area contributed by atoms with Gasteiger partial charge < -0.3 is 15.2 Å². The predicted molar refractivity (Wildman–Crippen MR) is 111 cm³/mol. The van der Waals surface area contributed by atoms with E-state index in [-0.39, 0.29) is 16.1 Å². The Kier molecular flexibility index (Phi) is 6.76. The molecule has 10 nitrogen and oxygen atoms in total. The van der Waals surface area contributed by atoms with Gasteiger partial charge in [0.15, 0.2) is 12.5 Å². The lowest BCUT2D eigenvalue weighted by atomic mass is 10.2. The number of benzene rings is 1. The Hall–Kier alpha value is -3.18. The summed E-state index contributed by atoms with van der Waals surface area (Å²) in [6, 6.07) is 6.55. The summed E-state index contributed by atoms with van der Waals surface area (Å²) in [5.74, 6) is -2.25. The van der Waals surface area contributed by atoms with E-state index in [1.165, 1.54) is 16.4 Å². The molecule has 0 aliphatic carbocycles. The van der Waals surface area contributed by atoms with Crippen LogP contribution >= 0.6 is 0 Å². The van der Waals surface area contributed by atoms with Crippen LogP contribution in [-0.4, -0.2) is 54.4 Å². The molecule has 3 rings (SSSR count). The van der Waals surface area contributed by atoms with Gasteiger partial charge in [-0.15, -0.1) is 0 Å². The summed E-state index contributed by atoms with van der Waals surface area (Å²) < 4.78 is 32.4.